The van der Waals surface area contributed by atoms with Gasteiger partial charge < -0.3 is 14.8 Å². The molecule has 1 unspecified atom stereocenters. The highest BCUT2D eigenvalue weighted by atomic mass is 35.5. The Morgan fingerprint density at radius 2 is 1.78 bits per heavy atom. The number of rotatable bonds is 7. The minimum Gasteiger partial charge on any atom is -0.484 e. The molecule has 0 spiro atoms. The number of hydrogen-bond acceptors (Lipinski definition) is 5. The van der Waals surface area contributed by atoms with Gasteiger partial charge in [0.05, 0.1) is 17.0 Å². The molecule has 3 aliphatic carbocycles. The van der Waals surface area contributed by atoms with Crippen LogP contribution in [0.3, 0.4) is 0 Å². The van der Waals surface area contributed by atoms with Gasteiger partial charge in [-0.2, -0.15) is 0 Å². The van der Waals surface area contributed by atoms with Crippen LogP contribution in [-0.4, -0.2) is 35.7 Å². The Kier molecular flexibility index (Phi) is 6.72. The molecule has 36 heavy (non-hydrogen) atoms. The van der Waals surface area contributed by atoms with Gasteiger partial charge in [-0.1, -0.05) is 23.2 Å². The Morgan fingerprint density at radius 3 is 2.47 bits per heavy atom. The van der Waals surface area contributed by atoms with Crippen molar-refractivity contribution in [2.75, 3.05) is 6.61 Å². The predicted octanol–water partition coefficient (Wildman–Crippen LogP) is 5.71. The summed E-state index contributed by atoms with van der Waals surface area (Å²) in [7, 11) is 0. The fraction of sp³-hybridized carbons (Fsp3) is 0.444. The van der Waals surface area contributed by atoms with Crippen LogP contribution < -0.4 is 14.8 Å². The molecular weight excluding hydrogens is 508 g/mol. The molecule has 1 amide bonds. The largest absolute Gasteiger partial charge is 0.484 e. The van der Waals surface area contributed by atoms with E-state index < -0.39 is 11.9 Å². The molecular formula is C27H26Cl2FNO5. The van der Waals surface area contributed by atoms with E-state index in [1.54, 1.807) is 18.2 Å². The van der Waals surface area contributed by atoms with E-state index in [1.807, 2.05) is 0 Å². The molecule has 2 aromatic rings. The van der Waals surface area contributed by atoms with Crippen molar-refractivity contribution in [2.24, 2.45) is 5.41 Å². The van der Waals surface area contributed by atoms with Crippen LogP contribution in [0.4, 0.5) is 4.39 Å². The number of amides is 1. The number of hydrogen-bond donors (Lipinski definition) is 1. The number of ether oxygens (including phenoxy) is 2. The van der Waals surface area contributed by atoms with Gasteiger partial charge in [0.1, 0.15) is 17.3 Å². The summed E-state index contributed by atoms with van der Waals surface area (Å²) in [6, 6.07) is 8.91. The second-order valence-electron chi connectivity index (χ2n) is 10.2. The van der Waals surface area contributed by atoms with Crippen molar-refractivity contribution in [3.05, 3.63) is 57.8 Å². The van der Waals surface area contributed by atoms with Gasteiger partial charge in [-0.3, -0.25) is 14.4 Å². The summed E-state index contributed by atoms with van der Waals surface area (Å²) in [5.74, 6) is -0.398. The van der Waals surface area contributed by atoms with Gasteiger partial charge in [-0.05, 0) is 74.3 Å². The zero-order chi connectivity index (χ0) is 25.5. The van der Waals surface area contributed by atoms with Crippen LogP contribution in [0.5, 0.6) is 11.5 Å². The molecule has 4 aliphatic rings. The molecule has 1 N–H and O–H groups in total. The van der Waals surface area contributed by atoms with E-state index >= 15 is 0 Å². The van der Waals surface area contributed by atoms with Gasteiger partial charge in [0.15, 0.2) is 24.3 Å². The number of carbonyl (C=O) groups is 3. The number of nitrogens with one attached hydrogen (secondary N) is 1. The zero-order valence-corrected chi connectivity index (χ0v) is 21.1. The summed E-state index contributed by atoms with van der Waals surface area (Å²) in [5, 5.41) is 3.57. The first-order chi connectivity index (χ1) is 17.2. The maximum absolute atomic E-state index is 13.6. The highest BCUT2D eigenvalue weighted by molar-refractivity contribution is 6.31. The first-order valence-electron chi connectivity index (χ1n) is 12.1. The highest BCUT2D eigenvalue weighted by Gasteiger charge is 2.50. The van der Waals surface area contributed by atoms with Gasteiger partial charge >= 0.3 is 0 Å². The zero-order valence-electron chi connectivity index (χ0n) is 19.6. The molecule has 2 bridgehead atoms. The van der Waals surface area contributed by atoms with Gasteiger partial charge in [0, 0.05) is 23.0 Å². The Morgan fingerprint density at radius 1 is 1.06 bits per heavy atom. The van der Waals surface area contributed by atoms with E-state index in [0.717, 1.165) is 44.6 Å². The van der Waals surface area contributed by atoms with E-state index in [9.17, 15) is 18.8 Å². The van der Waals surface area contributed by atoms with Crippen LogP contribution in [0.2, 0.25) is 10.0 Å². The van der Waals surface area contributed by atoms with E-state index in [4.69, 9.17) is 32.7 Å². The molecule has 6 nitrogen and oxygen atoms in total. The third-order valence-electron chi connectivity index (χ3n) is 7.86. The van der Waals surface area contributed by atoms with Crippen molar-refractivity contribution in [1.29, 1.82) is 0 Å². The first-order valence-corrected chi connectivity index (χ1v) is 12.8. The number of carbonyl (C=O) groups excluding carboxylic acids is 3. The molecule has 3 saturated carbocycles. The van der Waals surface area contributed by atoms with Crippen molar-refractivity contribution in [1.82, 2.24) is 5.32 Å². The van der Waals surface area contributed by atoms with Crippen LogP contribution in [-0.2, 0) is 9.59 Å². The van der Waals surface area contributed by atoms with E-state index in [2.05, 4.69) is 5.32 Å². The van der Waals surface area contributed by atoms with Crippen LogP contribution >= 0.6 is 23.2 Å². The van der Waals surface area contributed by atoms with E-state index in [0.29, 0.717) is 22.8 Å². The van der Waals surface area contributed by atoms with Gasteiger partial charge in [-0.15, -0.1) is 0 Å². The summed E-state index contributed by atoms with van der Waals surface area (Å²) in [4.78, 5) is 38.3. The number of benzene rings is 2. The number of Topliss-reactive ketones (excluding diaryl/α,β-unsaturated/α-hetero) is 2. The normalized spacial score (nSPS) is 26.6. The minimum atomic E-state index is -0.774. The fourth-order valence-electron chi connectivity index (χ4n) is 5.72. The summed E-state index contributed by atoms with van der Waals surface area (Å²) >= 11 is 11.7. The highest BCUT2D eigenvalue weighted by Crippen LogP contribution is 2.54. The number of halogens is 3. The summed E-state index contributed by atoms with van der Waals surface area (Å²) in [5.41, 5.74) is -0.0229. The minimum absolute atomic E-state index is 0.00607. The molecule has 2 aromatic carbocycles. The maximum atomic E-state index is 13.6. The third kappa shape index (κ3) is 5.09. The lowest BCUT2D eigenvalue weighted by atomic mass is 9.55. The lowest BCUT2D eigenvalue weighted by molar-refractivity contribution is -0.133. The van der Waals surface area contributed by atoms with E-state index in [-0.39, 0.29) is 52.2 Å². The van der Waals surface area contributed by atoms with Gasteiger partial charge in [-0.25, -0.2) is 4.39 Å². The lowest BCUT2D eigenvalue weighted by Gasteiger charge is -2.53. The van der Waals surface area contributed by atoms with E-state index in [1.165, 1.54) is 12.1 Å². The molecule has 3 fully saturated rings. The average Bonchev–Trinajstić information content (AvgIpc) is 2.86. The Hall–Kier alpha value is -2.64. The SMILES string of the molecule is O=C(COc1ccc(Cl)c(F)c1)NC12CCC(CC(=O)C3CC(=O)c4cc(Cl)ccc4O3)(CC1)CC2. The van der Waals surface area contributed by atoms with Crippen molar-refractivity contribution in [2.45, 2.75) is 63.0 Å². The second-order valence-corrected chi connectivity index (χ2v) is 11.1. The number of fused-ring (bicyclic) bond motifs is 4. The number of ketones is 2. The monoisotopic (exact) mass is 533 g/mol. The van der Waals surface area contributed by atoms with Crippen molar-refractivity contribution in [3.8, 4) is 11.5 Å². The molecule has 0 aromatic heterocycles. The Balaban J connectivity index is 1.14. The maximum Gasteiger partial charge on any atom is 0.258 e. The molecule has 6 rings (SSSR count). The van der Waals surface area contributed by atoms with Crippen molar-refractivity contribution >= 4 is 40.7 Å². The molecule has 0 radical (unpaired) electrons. The summed E-state index contributed by atoms with van der Waals surface area (Å²) in [6.45, 7) is -0.216. The molecule has 9 heteroatoms. The third-order valence-corrected chi connectivity index (χ3v) is 8.40. The molecule has 1 aliphatic heterocycles. The summed E-state index contributed by atoms with van der Waals surface area (Å²) < 4.78 is 24.9. The Bertz CT molecular complexity index is 1210. The van der Waals surface area contributed by atoms with Crippen LogP contribution in [0.1, 0.15) is 61.7 Å². The molecule has 190 valence electrons. The fourth-order valence-corrected chi connectivity index (χ4v) is 6.01. The van der Waals surface area contributed by atoms with Gasteiger partial charge in [0.25, 0.3) is 5.91 Å². The van der Waals surface area contributed by atoms with Crippen molar-refractivity contribution in [3.63, 3.8) is 0 Å². The lowest BCUT2D eigenvalue weighted by Crippen LogP contribution is -2.58. The predicted molar refractivity (Wildman–Crippen MR) is 132 cm³/mol. The quantitative estimate of drug-likeness (QED) is 0.492. The molecule has 0 saturated heterocycles. The van der Waals surface area contributed by atoms with Crippen molar-refractivity contribution < 1.29 is 28.2 Å². The average molecular weight is 534 g/mol. The Labute approximate surface area is 218 Å². The standard InChI is InChI=1S/C27H26Cl2FNO5/c28-16-1-4-23-18(11-16)21(32)13-24(36-23)22(33)14-26-5-8-27(9-6-26,10-7-26)31-25(34)15-35-17-2-3-19(29)20(30)12-17/h1-4,11-12,24H,5-10,13-15H2,(H,31,34). The summed E-state index contributed by atoms with van der Waals surface area (Å²) in [6.07, 6.45) is 4.37. The van der Waals surface area contributed by atoms with Gasteiger partial charge in [0.2, 0.25) is 0 Å². The topological polar surface area (TPSA) is 81.7 Å². The second kappa shape index (κ2) is 9.67. The van der Waals surface area contributed by atoms with Crippen LogP contribution in [0.15, 0.2) is 36.4 Å². The smallest absolute Gasteiger partial charge is 0.258 e. The molecule has 1 heterocycles. The van der Waals surface area contributed by atoms with Crippen LogP contribution in [0, 0.1) is 11.2 Å². The first kappa shape index (κ1) is 25.0. The van der Waals surface area contributed by atoms with Crippen LogP contribution in [0.25, 0.3) is 0 Å². The molecule has 1 atom stereocenters.